The molecule has 5 heteroatoms. The maximum atomic E-state index is 13.2. The van der Waals surface area contributed by atoms with Crippen LogP contribution in [-0.4, -0.2) is 36.9 Å². The first-order valence-corrected chi connectivity index (χ1v) is 12.5. The van der Waals surface area contributed by atoms with Crippen LogP contribution >= 0.6 is 11.3 Å². The molecule has 1 unspecified atom stereocenters. The van der Waals surface area contributed by atoms with Crippen LogP contribution in [0.25, 0.3) is 0 Å². The van der Waals surface area contributed by atoms with Gasteiger partial charge in [0.25, 0.3) is 0 Å². The zero-order valence-corrected chi connectivity index (χ0v) is 18.6. The number of Topliss-reactive ketones (excluding diaryl/α,β-unsaturated/α-hetero) is 1. The minimum Gasteiger partial charge on any atom is -0.317 e. The Balaban J connectivity index is 1.35. The monoisotopic (exact) mass is 423 g/mol. The van der Waals surface area contributed by atoms with Gasteiger partial charge in [0.1, 0.15) is 5.69 Å². The van der Waals surface area contributed by atoms with E-state index >= 15 is 0 Å². The maximum absolute atomic E-state index is 13.2. The van der Waals surface area contributed by atoms with Gasteiger partial charge in [0.2, 0.25) is 0 Å². The van der Waals surface area contributed by atoms with E-state index in [4.69, 9.17) is 4.98 Å². The summed E-state index contributed by atoms with van der Waals surface area (Å²) in [6.45, 7) is 4.38. The highest BCUT2D eigenvalue weighted by Gasteiger charge is 2.38. The highest BCUT2D eigenvalue weighted by atomic mass is 32.1. The molecule has 2 aliphatic heterocycles. The Bertz CT molecular complexity index is 856. The first kappa shape index (κ1) is 20.3. The predicted molar refractivity (Wildman–Crippen MR) is 123 cm³/mol. The fraction of sp³-hybridized carbons (Fsp3) is 0.600. The van der Waals surface area contributed by atoms with Crippen molar-refractivity contribution in [3.8, 4) is 0 Å². The molecule has 5 rings (SSSR count). The van der Waals surface area contributed by atoms with Crippen molar-refractivity contribution >= 4 is 17.1 Å². The molecule has 1 atom stereocenters. The molecule has 3 fully saturated rings. The molecule has 1 spiro atoms. The molecule has 1 saturated carbocycles. The number of nitrogens with one attached hydrogen (secondary N) is 2. The third kappa shape index (κ3) is 4.25. The lowest BCUT2D eigenvalue weighted by Crippen LogP contribution is -2.38. The third-order valence-corrected chi connectivity index (χ3v) is 9.01. The normalized spacial score (nSPS) is 24.3. The molecule has 1 aromatic carbocycles. The second-order valence-corrected chi connectivity index (χ2v) is 10.6. The van der Waals surface area contributed by atoms with Crippen LogP contribution in [0.15, 0.2) is 30.3 Å². The zero-order valence-electron chi connectivity index (χ0n) is 17.8. The maximum Gasteiger partial charge on any atom is 0.186 e. The average molecular weight is 424 g/mol. The van der Waals surface area contributed by atoms with E-state index < -0.39 is 0 Å². The van der Waals surface area contributed by atoms with Gasteiger partial charge in [0, 0.05) is 29.7 Å². The molecule has 160 valence electrons. The second kappa shape index (κ2) is 8.89. The Morgan fingerprint density at radius 2 is 1.73 bits per heavy atom. The van der Waals surface area contributed by atoms with E-state index in [-0.39, 0.29) is 5.78 Å². The number of carbonyl (C=O) groups is 1. The molecular formula is C25H33N3OS. The van der Waals surface area contributed by atoms with Crippen molar-refractivity contribution in [3.05, 3.63) is 51.5 Å². The van der Waals surface area contributed by atoms with Crippen LogP contribution in [0.3, 0.4) is 0 Å². The van der Waals surface area contributed by atoms with Gasteiger partial charge in [0.05, 0.1) is 5.01 Å². The van der Waals surface area contributed by atoms with Crippen molar-refractivity contribution in [3.63, 3.8) is 0 Å². The molecule has 1 aromatic heterocycles. The zero-order chi connectivity index (χ0) is 20.4. The second-order valence-electron chi connectivity index (χ2n) is 9.56. The first-order chi connectivity index (χ1) is 14.7. The van der Waals surface area contributed by atoms with E-state index in [1.165, 1.54) is 61.5 Å². The fourth-order valence-corrected chi connectivity index (χ4v) is 7.07. The van der Waals surface area contributed by atoms with Crippen molar-refractivity contribution in [1.29, 1.82) is 0 Å². The lowest BCUT2D eigenvalue weighted by atomic mass is 9.66. The Labute approximate surface area is 183 Å². The highest BCUT2D eigenvalue weighted by Crippen LogP contribution is 2.49. The van der Waals surface area contributed by atoms with Crippen LogP contribution in [0.1, 0.15) is 82.7 Å². The number of hydrogen-bond acceptors (Lipinski definition) is 5. The molecule has 2 aromatic rings. The highest BCUT2D eigenvalue weighted by molar-refractivity contribution is 7.12. The number of hydrogen-bond donors (Lipinski definition) is 2. The van der Waals surface area contributed by atoms with E-state index in [1.807, 2.05) is 41.7 Å². The molecular weight excluding hydrogens is 390 g/mol. The topological polar surface area (TPSA) is 54.0 Å². The molecule has 30 heavy (non-hydrogen) atoms. The lowest BCUT2D eigenvalue weighted by molar-refractivity contribution is 0.0986. The van der Waals surface area contributed by atoms with Gasteiger partial charge in [-0.25, -0.2) is 4.98 Å². The molecule has 4 nitrogen and oxygen atoms in total. The van der Waals surface area contributed by atoms with Crippen LogP contribution in [0.5, 0.6) is 0 Å². The Hall–Kier alpha value is -1.56. The Morgan fingerprint density at radius 3 is 2.43 bits per heavy atom. The lowest BCUT2D eigenvalue weighted by Gasteiger charge is -2.42. The summed E-state index contributed by atoms with van der Waals surface area (Å²) >= 11 is 1.85. The predicted octanol–water partition coefficient (Wildman–Crippen LogP) is 4.67. The van der Waals surface area contributed by atoms with Crippen LogP contribution < -0.4 is 10.6 Å². The van der Waals surface area contributed by atoms with Crippen LogP contribution in [-0.2, 0) is 6.42 Å². The van der Waals surface area contributed by atoms with Crippen molar-refractivity contribution in [2.24, 2.45) is 5.41 Å². The molecule has 0 radical (unpaired) electrons. The van der Waals surface area contributed by atoms with Crippen LogP contribution in [0.2, 0.25) is 0 Å². The van der Waals surface area contributed by atoms with Crippen molar-refractivity contribution in [2.75, 3.05) is 26.2 Å². The number of piperidine rings is 1. The molecule has 0 bridgehead atoms. The quantitative estimate of drug-likeness (QED) is 0.686. The number of aromatic nitrogens is 1. The number of thiazole rings is 1. The summed E-state index contributed by atoms with van der Waals surface area (Å²) in [7, 11) is 0. The number of carbonyl (C=O) groups excluding carboxylic acids is 1. The molecule has 0 amide bonds. The van der Waals surface area contributed by atoms with E-state index in [0.29, 0.717) is 23.7 Å². The largest absolute Gasteiger partial charge is 0.317 e. The summed E-state index contributed by atoms with van der Waals surface area (Å²) in [6.07, 6.45) is 9.37. The molecule has 3 aliphatic rings. The third-order valence-electron chi connectivity index (χ3n) is 7.63. The first-order valence-electron chi connectivity index (χ1n) is 11.7. The summed E-state index contributed by atoms with van der Waals surface area (Å²) in [5.41, 5.74) is 2.43. The molecule has 3 heterocycles. The van der Waals surface area contributed by atoms with Crippen LogP contribution in [0, 0.1) is 5.41 Å². The minimum absolute atomic E-state index is 0.191. The smallest absolute Gasteiger partial charge is 0.186 e. The number of nitrogens with zero attached hydrogens (tertiary/aromatic N) is 1. The molecule has 2 N–H and O–H groups in total. The van der Waals surface area contributed by atoms with Crippen molar-refractivity contribution in [1.82, 2.24) is 15.6 Å². The summed E-state index contributed by atoms with van der Waals surface area (Å²) < 4.78 is 0. The van der Waals surface area contributed by atoms with Gasteiger partial charge in [-0.2, -0.15) is 0 Å². The fourth-order valence-electron chi connectivity index (χ4n) is 5.68. The van der Waals surface area contributed by atoms with Gasteiger partial charge in [-0.15, -0.1) is 11.3 Å². The van der Waals surface area contributed by atoms with E-state index in [0.717, 1.165) is 30.8 Å². The van der Waals surface area contributed by atoms with Crippen LogP contribution in [0.4, 0.5) is 0 Å². The summed E-state index contributed by atoms with van der Waals surface area (Å²) in [5, 5.41) is 8.23. The van der Waals surface area contributed by atoms with Gasteiger partial charge in [0.15, 0.2) is 5.78 Å². The van der Waals surface area contributed by atoms with Gasteiger partial charge in [-0.05, 0) is 75.6 Å². The molecule has 2 saturated heterocycles. The van der Waals surface area contributed by atoms with Crippen molar-refractivity contribution in [2.45, 2.75) is 63.2 Å². The van der Waals surface area contributed by atoms with Gasteiger partial charge in [-0.1, -0.05) is 30.3 Å². The summed E-state index contributed by atoms with van der Waals surface area (Å²) in [4.78, 5) is 19.5. The summed E-state index contributed by atoms with van der Waals surface area (Å²) in [5.74, 6) is 1.18. The van der Waals surface area contributed by atoms with Gasteiger partial charge >= 0.3 is 0 Å². The molecule has 1 aliphatic carbocycles. The SMILES string of the molecule is O=C(Cc1ccccc1)c1nc(C2CCC3(CCNCC3)CC2)sc1C1CCNC1. The average Bonchev–Trinajstić information content (AvgIpc) is 3.46. The number of ketones is 1. The number of rotatable bonds is 5. The van der Waals surface area contributed by atoms with Crippen molar-refractivity contribution < 1.29 is 4.79 Å². The number of benzene rings is 1. The van der Waals surface area contributed by atoms with Gasteiger partial charge < -0.3 is 10.6 Å². The summed E-state index contributed by atoms with van der Waals surface area (Å²) in [6, 6.07) is 10.1. The minimum atomic E-state index is 0.191. The Kier molecular flexibility index (Phi) is 6.03. The van der Waals surface area contributed by atoms with E-state index in [9.17, 15) is 4.79 Å². The van der Waals surface area contributed by atoms with E-state index in [2.05, 4.69) is 10.6 Å². The van der Waals surface area contributed by atoms with E-state index in [1.54, 1.807) is 0 Å². The Morgan fingerprint density at radius 1 is 0.967 bits per heavy atom. The standard InChI is InChI=1S/C25H33N3OS/c29-21(16-18-4-2-1-3-5-18)22-23(20-8-13-27-17-20)30-24(28-22)19-6-9-25(10-7-19)11-14-26-15-12-25/h1-5,19-20,26-27H,6-17H2. The van der Waals surface area contributed by atoms with Gasteiger partial charge in [-0.3, -0.25) is 4.79 Å².